The first-order valence-corrected chi connectivity index (χ1v) is 7.60. The summed E-state index contributed by atoms with van der Waals surface area (Å²) >= 11 is 0. The average molecular weight is 285 g/mol. The van der Waals surface area contributed by atoms with E-state index in [1.54, 1.807) is 0 Å². The molecule has 1 aromatic carbocycles. The predicted octanol–water partition coefficient (Wildman–Crippen LogP) is 4.18. The molecule has 21 heavy (non-hydrogen) atoms. The minimum atomic E-state index is 0.106. The molecule has 0 bridgehead atoms. The lowest BCUT2D eigenvalue weighted by Crippen LogP contribution is -2.41. The van der Waals surface area contributed by atoms with Gasteiger partial charge in [0.1, 0.15) is 0 Å². The van der Waals surface area contributed by atoms with E-state index in [1.165, 1.54) is 0 Å². The minimum absolute atomic E-state index is 0.106. The van der Waals surface area contributed by atoms with E-state index in [4.69, 9.17) is 0 Å². The van der Waals surface area contributed by atoms with E-state index in [9.17, 15) is 0 Å². The summed E-state index contributed by atoms with van der Waals surface area (Å²) in [5.41, 5.74) is 2.59. The van der Waals surface area contributed by atoms with Crippen molar-refractivity contribution >= 4 is 0 Å². The van der Waals surface area contributed by atoms with Gasteiger partial charge in [-0.3, -0.25) is 0 Å². The normalized spacial score (nSPS) is 12.6. The Kier molecular flexibility index (Phi) is 4.52. The molecule has 0 fully saturated rings. The molecular weight excluding hydrogens is 258 g/mol. The molecule has 0 unspecified atom stereocenters. The third-order valence-corrected chi connectivity index (χ3v) is 3.39. The molecule has 1 heterocycles. The third-order valence-electron chi connectivity index (χ3n) is 3.39. The van der Waals surface area contributed by atoms with Crippen molar-refractivity contribution in [3.8, 4) is 5.69 Å². The lowest BCUT2D eigenvalue weighted by molar-refractivity contribution is 0.240. The molecule has 0 aliphatic heterocycles. The highest BCUT2D eigenvalue weighted by atomic mass is 15.3. The van der Waals surface area contributed by atoms with E-state index in [0.29, 0.717) is 5.41 Å². The number of nitrogens with one attached hydrogen (secondary N) is 1. The highest BCUT2D eigenvalue weighted by Gasteiger charge is 2.24. The zero-order valence-corrected chi connectivity index (χ0v) is 13.9. The van der Waals surface area contributed by atoms with Crippen molar-refractivity contribution in [2.24, 2.45) is 5.41 Å². The Morgan fingerprint density at radius 2 is 1.67 bits per heavy atom. The van der Waals surface area contributed by atoms with Gasteiger partial charge in [-0.1, -0.05) is 39.0 Å². The average Bonchev–Trinajstić information content (AvgIpc) is 2.84. The number of rotatable bonds is 5. The number of hydrogen-bond acceptors (Lipinski definition) is 2. The van der Waals surface area contributed by atoms with Gasteiger partial charge in [0.2, 0.25) is 0 Å². The van der Waals surface area contributed by atoms with Crippen LogP contribution in [0.15, 0.2) is 42.6 Å². The fourth-order valence-corrected chi connectivity index (χ4v) is 2.90. The van der Waals surface area contributed by atoms with Crippen LogP contribution in [0.3, 0.4) is 0 Å². The first-order valence-electron chi connectivity index (χ1n) is 7.60. The minimum Gasteiger partial charge on any atom is -0.306 e. The number of hydrogen-bond donors (Lipinski definition) is 1. The van der Waals surface area contributed by atoms with Crippen LogP contribution in [0.1, 0.15) is 46.7 Å². The van der Waals surface area contributed by atoms with Gasteiger partial charge in [0.15, 0.2) is 0 Å². The van der Waals surface area contributed by atoms with Gasteiger partial charge in [0.25, 0.3) is 0 Å². The van der Waals surface area contributed by atoms with Crippen LogP contribution in [0.2, 0.25) is 0 Å². The Balaban J connectivity index is 1.97. The number of nitrogens with zero attached hydrogens (tertiary/aromatic N) is 2. The standard InChI is InChI=1S/C18H27N3/c1-17(2,3)14-18(4,5)19-13-15-11-12-21(20-15)16-9-7-6-8-10-16/h6-12,19H,13-14H2,1-5H3. The van der Waals surface area contributed by atoms with Crippen molar-refractivity contribution in [2.75, 3.05) is 0 Å². The highest BCUT2D eigenvalue weighted by molar-refractivity contribution is 5.30. The summed E-state index contributed by atoms with van der Waals surface area (Å²) in [5, 5.41) is 8.26. The van der Waals surface area contributed by atoms with E-state index in [1.807, 2.05) is 29.1 Å². The van der Waals surface area contributed by atoms with Crippen molar-refractivity contribution in [3.05, 3.63) is 48.3 Å². The molecule has 0 radical (unpaired) electrons. The number of aromatic nitrogens is 2. The maximum Gasteiger partial charge on any atom is 0.0767 e. The second-order valence-electron chi connectivity index (χ2n) is 7.56. The number of benzene rings is 1. The van der Waals surface area contributed by atoms with Crippen molar-refractivity contribution in [1.82, 2.24) is 15.1 Å². The molecule has 0 saturated carbocycles. The molecule has 1 N–H and O–H groups in total. The summed E-state index contributed by atoms with van der Waals surface area (Å²) in [5.74, 6) is 0. The molecule has 0 aliphatic rings. The van der Waals surface area contributed by atoms with Gasteiger partial charge in [-0.05, 0) is 43.9 Å². The van der Waals surface area contributed by atoms with Gasteiger partial charge in [0, 0.05) is 18.3 Å². The fraction of sp³-hybridized carbons (Fsp3) is 0.500. The summed E-state index contributed by atoms with van der Waals surface area (Å²) < 4.78 is 1.92. The van der Waals surface area contributed by atoms with E-state index in [2.05, 4.69) is 63.2 Å². The lowest BCUT2D eigenvalue weighted by atomic mass is 9.82. The molecule has 2 rings (SSSR count). The van der Waals surface area contributed by atoms with Crippen LogP contribution < -0.4 is 5.32 Å². The molecule has 0 spiro atoms. The maximum absolute atomic E-state index is 4.63. The molecule has 3 nitrogen and oxygen atoms in total. The van der Waals surface area contributed by atoms with Gasteiger partial charge in [0.05, 0.1) is 11.4 Å². The molecular formula is C18H27N3. The molecule has 0 atom stereocenters. The molecule has 1 aromatic heterocycles. The van der Waals surface area contributed by atoms with E-state index < -0.39 is 0 Å². The molecule has 114 valence electrons. The fourth-order valence-electron chi connectivity index (χ4n) is 2.90. The Morgan fingerprint density at radius 1 is 1.00 bits per heavy atom. The summed E-state index contributed by atoms with van der Waals surface area (Å²) in [6.07, 6.45) is 3.14. The van der Waals surface area contributed by atoms with Crippen LogP contribution in [-0.2, 0) is 6.54 Å². The highest BCUT2D eigenvalue weighted by Crippen LogP contribution is 2.26. The molecule has 3 heteroatoms. The molecule has 0 amide bonds. The Hall–Kier alpha value is -1.61. The summed E-state index contributed by atoms with van der Waals surface area (Å²) in [6, 6.07) is 12.3. The zero-order chi connectivity index (χ0) is 15.5. The first-order chi connectivity index (χ1) is 9.75. The molecule has 2 aromatic rings. The second kappa shape index (κ2) is 6.02. The Morgan fingerprint density at radius 3 is 2.29 bits per heavy atom. The van der Waals surface area contributed by atoms with Crippen LogP contribution in [0.5, 0.6) is 0 Å². The Labute approximate surface area is 128 Å². The topological polar surface area (TPSA) is 29.9 Å². The van der Waals surface area contributed by atoms with Crippen molar-refractivity contribution in [1.29, 1.82) is 0 Å². The van der Waals surface area contributed by atoms with Crippen LogP contribution in [-0.4, -0.2) is 15.3 Å². The van der Waals surface area contributed by atoms with Gasteiger partial charge in [-0.25, -0.2) is 4.68 Å². The third kappa shape index (κ3) is 5.01. The quantitative estimate of drug-likeness (QED) is 0.893. The molecule has 0 saturated heterocycles. The zero-order valence-electron chi connectivity index (χ0n) is 13.9. The van der Waals surface area contributed by atoms with E-state index in [0.717, 1.165) is 24.3 Å². The van der Waals surface area contributed by atoms with Crippen molar-refractivity contribution in [2.45, 2.75) is 53.1 Å². The second-order valence-corrected chi connectivity index (χ2v) is 7.56. The number of para-hydroxylation sites is 1. The summed E-state index contributed by atoms with van der Waals surface area (Å²) in [7, 11) is 0. The van der Waals surface area contributed by atoms with Crippen LogP contribution in [0.4, 0.5) is 0 Å². The van der Waals surface area contributed by atoms with Gasteiger partial charge in [-0.15, -0.1) is 0 Å². The monoisotopic (exact) mass is 285 g/mol. The maximum atomic E-state index is 4.63. The van der Waals surface area contributed by atoms with Crippen LogP contribution in [0.25, 0.3) is 5.69 Å². The van der Waals surface area contributed by atoms with Crippen LogP contribution in [0, 0.1) is 5.41 Å². The van der Waals surface area contributed by atoms with Crippen LogP contribution >= 0.6 is 0 Å². The lowest BCUT2D eigenvalue weighted by Gasteiger charge is -2.33. The van der Waals surface area contributed by atoms with Crippen molar-refractivity contribution < 1.29 is 0 Å². The smallest absolute Gasteiger partial charge is 0.0767 e. The molecule has 0 aliphatic carbocycles. The van der Waals surface area contributed by atoms with Gasteiger partial charge >= 0.3 is 0 Å². The Bertz CT molecular complexity index is 562. The summed E-state index contributed by atoms with van der Waals surface area (Å²) in [6.45, 7) is 12.1. The van der Waals surface area contributed by atoms with E-state index in [-0.39, 0.29) is 5.54 Å². The first kappa shape index (κ1) is 15.8. The van der Waals surface area contributed by atoms with Gasteiger partial charge in [-0.2, -0.15) is 5.10 Å². The van der Waals surface area contributed by atoms with Gasteiger partial charge < -0.3 is 5.32 Å². The predicted molar refractivity (Wildman–Crippen MR) is 88.6 cm³/mol. The summed E-state index contributed by atoms with van der Waals surface area (Å²) in [4.78, 5) is 0. The SMILES string of the molecule is CC(C)(C)CC(C)(C)NCc1ccn(-c2ccccc2)n1. The largest absolute Gasteiger partial charge is 0.306 e. The van der Waals surface area contributed by atoms with Crippen molar-refractivity contribution in [3.63, 3.8) is 0 Å². The van der Waals surface area contributed by atoms with E-state index >= 15 is 0 Å².